The Bertz CT molecular complexity index is 663. The third kappa shape index (κ3) is 6.07. The maximum atomic E-state index is 5.97. The van der Waals surface area contributed by atoms with Crippen LogP contribution in [0.15, 0.2) is 9.52 Å². The zero-order valence-corrected chi connectivity index (χ0v) is 21.0. The van der Waals surface area contributed by atoms with Crippen LogP contribution in [-0.2, 0) is 11.3 Å². The summed E-state index contributed by atoms with van der Waals surface area (Å²) in [6.07, 6.45) is 6.40. The quantitative estimate of drug-likeness (QED) is 0.353. The highest BCUT2D eigenvalue weighted by Crippen LogP contribution is 2.36. The van der Waals surface area contributed by atoms with Crippen molar-refractivity contribution in [3.05, 3.63) is 17.0 Å². The fourth-order valence-electron chi connectivity index (χ4n) is 4.63. The van der Waals surface area contributed by atoms with Gasteiger partial charge in [-0.2, -0.15) is 0 Å². The van der Waals surface area contributed by atoms with E-state index in [1.54, 1.807) is 0 Å². The van der Waals surface area contributed by atoms with Gasteiger partial charge in [-0.15, -0.1) is 24.0 Å². The number of nitrogens with zero attached hydrogens (tertiary/aromatic N) is 3. The highest BCUT2D eigenvalue weighted by molar-refractivity contribution is 14.0. The molecule has 0 atom stereocenters. The van der Waals surface area contributed by atoms with E-state index in [9.17, 15) is 0 Å². The van der Waals surface area contributed by atoms with E-state index in [0.717, 1.165) is 49.2 Å². The Hall–Kier alpha value is -0.870. The Morgan fingerprint density at radius 1 is 1.17 bits per heavy atom. The van der Waals surface area contributed by atoms with Crippen LogP contribution in [0.2, 0.25) is 0 Å². The van der Waals surface area contributed by atoms with Gasteiger partial charge in [0.1, 0.15) is 5.76 Å². The van der Waals surface area contributed by atoms with Crippen molar-refractivity contribution in [3.63, 3.8) is 0 Å². The molecule has 1 aromatic rings. The smallest absolute Gasteiger partial charge is 0.191 e. The summed E-state index contributed by atoms with van der Waals surface area (Å²) in [6, 6.07) is 0. The monoisotopic (exact) mass is 519 g/mol. The summed E-state index contributed by atoms with van der Waals surface area (Å²) in [5.41, 5.74) is 2.14. The van der Waals surface area contributed by atoms with E-state index in [2.05, 4.69) is 39.5 Å². The molecule has 0 aromatic carbocycles. The molecule has 166 valence electrons. The van der Waals surface area contributed by atoms with Gasteiger partial charge in [0.05, 0.1) is 17.9 Å². The molecular weight excluding hydrogens is 481 g/mol. The third-order valence-corrected chi connectivity index (χ3v) is 6.30. The minimum Gasteiger partial charge on any atom is -0.373 e. The number of hydrogen-bond acceptors (Lipinski definition) is 5. The van der Waals surface area contributed by atoms with Crippen LogP contribution in [0.5, 0.6) is 0 Å². The first-order valence-electron chi connectivity index (χ1n) is 10.6. The average molecular weight is 519 g/mol. The minimum absolute atomic E-state index is 0. The van der Waals surface area contributed by atoms with Gasteiger partial charge in [0, 0.05) is 44.3 Å². The molecule has 1 aliphatic carbocycles. The number of halogens is 1. The Morgan fingerprint density at radius 3 is 2.48 bits per heavy atom. The molecule has 2 fully saturated rings. The third-order valence-electron chi connectivity index (χ3n) is 6.30. The van der Waals surface area contributed by atoms with Crippen molar-refractivity contribution in [1.82, 2.24) is 20.7 Å². The molecule has 0 bridgehead atoms. The first kappa shape index (κ1) is 24.4. The number of morpholine rings is 1. The van der Waals surface area contributed by atoms with Crippen LogP contribution in [0.25, 0.3) is 0 Å². The lowest BCUT2D eigenvalue weighted by Gasteiger charge is -2.51. The first-order chi connectivity index (χ1) is 13.4. The lowest BCUT2D eigenvalue weighted by molar-refractivity contribution is -0.122. The van der Waals surface area contributed by atoms with Gasteiger partial charge in [-0.1, -0.05) is 24.4 Å². The van der Waals surface area contributed by atoms with E-state index < -0.39 is 0 Å². The van der Waals surface area contributed by atoms with E-state index in [1.807, 2.05) is 20.9 Å². The number of aliphatic imine (C=N–C) groups is 1. The molecule has 3 rings (SSSR count). The summed E-state index contributed by atoms with van der Waals surface area (Å²) in [5.74, 6) is 1.69. The summed E-state index contributed by atoms with van der Waals surface area (Å²) in [5, 5.41) is 11.1. The summed E-state index contributed by atoms with van der Waals surface area (Å²) in [7, 11) is 1.83. The van der Waals surface area contributed by atoms with Gasteiger partial charge >= 0.3 is 0 Å². The van der Waals surface area contributed by atoms with Gasteiger partial charge in [-0.05, 0) is 40.5 Å². The van der Waals surface area contributed by atoms with Crippen molar-refractivity contribution in [2.75, 3.05) is 33.3 Å². The second-order valence-electron chi connectivity index (χ2n) is 8.90. The van der Waals surface area contributed by atoms with Crippen LogP contribution in [0, 0.1) is 13.8 Å². The Labute approximate surface area is 192 Å². The van der Waals surface area contributed by atoms with Crippen LogP contribution < -0.4 is 10.6 Å². The maximum absolute atomic E-state index is 5.97. The van der Waals surface area contributed by atoms with Crippen LogP contribution >= 0.6 is 24.0 Å². The lowest BCUT2D eigenvalue weighted by Crippen LogP contribution is -2.63. The fourth-order valence-corrected chi connectivity index (χ4v) is 4.63. The van der Waals surface area contributed by atoms with E-state index in [4.69, 9.17) is 9.26 Å². The van der Waals surface area contributed by atoms with Gasteiger partial charge in [-0.3, -0.25) is 9.89 Å². The summed E-state index contributed by atoms with van der Waals surface area (Å²) >= 11 is 0. The normalized spacial score (nSPS) is 22.0. The number of hydrogen-bond donors (Lipinski definition) is 2. The molecule has 2 heterocycles. The SMILES string of the molecule is CN=C(NCc1c(C)noc1C)NCC1(N2CCOC(C)(C)C2)CCCCC1.I. The number of nitrogens with one attached hydrogen (secondary N) is 2. The summed E-state index contributed by atoms with van der Waals surface area (Å²) in [4.78, 5) is 7.11. The minimum atomic E-state index is -0.0774. The molecule has 1 saturated heterocycles. The number of aromatic nitrogens is 1. The van der Waals surface area contributed by atoms with Gasteiger partial charge < -0.3 is 19.9 Å². The largest absolute Gasteiger partial charge is 0.373 e. The highest BCUT2D eigenvalue weighted by Gasteiger charge is 2.42. The van der Waals surface area contributed by atoms with Crippen molar-refractivity contribution < 1.29 is 9.26 Å². The molecule has 0 radical (unpaired) electrons. The zero-order valence-electron chi connectivity index (χ0n) is 18.6. The fraction of sp³-hybridized carbons (Fsp3) is 0.810. The second-order valence-corrected chi connectivity index (χ2v) is 8.90. The van der Waals surface area contributed by atoms with Gasteiger partial charge in [-0.25, -0.2) is 0 Å². The summed E-state index contributed by atoms with van der Waals surface area (Å²) in [6.45, 7) is 12.7. The van der Waals surface area contributed by atoms with Crippen molar-refractivity contribution in [2.45, 2.75) is 77.5 Å². The predicted octanol–water partition coefficient (Wildman–Crippen LogP) is 3.39. The molecule has 0 amide bonds. The van der Waals surface area contributed by atoms with E-state index >= 15 is 0 Å². The molecule has 1 aliphatic heterocycles. The molecular formula is C21H38IN5O2. The van der Waals surface area contributed by atoms with Gasteiger partial charge in [0.2, 0.25) is 0 Å². The number of aryl methyl sites for hydroxylation is 2. The van der Waals surface area contributed by atoms with Crippen molar-refractivity contribution in [3.8, 4) is 0 Å². The van der Waals surface area contributed by atoms with E-state index in [0.29, 0.717) is 6.54 Å². The average Bonchev–Trinajstić information content (AvgIpc) is 3.00. The first-order valence-corrected chi connectivity index (χ1v) is 10.6. The van der Waals surface area contributed by atoms with Crippen molar-refractivity contribution in [2.24, 2.45) is 4.99 Å². The highest BCUT2D eigenvalue weighted by atomic mass is 127. The molecule has 1 aromatic heterocycles. The molecule has 2 N–H and O–H groups in total. The molecule has 0 spiro atoms. The Morgan fingerprint density at radius 2 is 1.90 bits per heavy atom. The number of guanidine groups is 1. The Kier molecular flexibility index (Phi) is 8.78. The Balaban J connectivity index is 0.00000300. The van der Waals surface area contributed by atoms with E-state index in [-0.39, 0.29) is 35.1 Å². The zero-order chi connectivity index (χ0) is 20.2. The van der Waals surface area contributed by atoms with Crippen molar-refractivity contribution in [1.29, 1.82) is 0 Å². The van der Waals surface area contributed by atoms with Crippen LogP contribution in [0.1, 0.15) is 63.0 Å². The van der Waals surface area contributed by atoms with Gasteiger partial charge in [0.25, 0.3) is 0 Å². The van der Waals surface area contributed by atoms with Crippen LogP contribution in [0.3, 0.4) is 0 Å². The van der Waals surface area contributed by atoms with Crippen LogP contribution in [0.4, 0.5) is 0 Å². The number of rotatable bonds is 5. The standard InChI is InChI=1S/C21H37N5O2.HI/c1-16-18(17(2)28-25-16)13-23-19(22-5)24-14-21(9-7-6-8-10-21)26-11-12-27-20(3,4)15-26;/h6-15H2,1-5H3,(H2,22,23,24);1H. The second kappa shape index (κ2) is 10.4. The lowest BCUT2D eigenvalue weighted by atomic mass is 9.79. The van der Waals surface area contributed by atoms with E-state index in [1.165, 1.54) is 32.1 Å². The summed E-state index contributed by atoms with van der Waals surface area (Å²) < 4.78 is 11.2. The van der Waals surface area contributed by atoms with Crippen LogP contribution in [-0.4, -0.2) is 60.4 Å². The van der Waals surface area contributed by atoms with Gasteiger partial charge in [0.15, 0.2) is 5.96 Å². The molecule has 29 heavy (non-hydrogen) atoms. The molecule has 0 unspecified atom stereocenters. The maximum Gasteiger partial charge on any atom is 0.191 e. The topological polar surface area (TPSA) is 74.9 Å². The molecule has 1 saturated carbocycles. The molecule has 8 heteroatoms. The molecule has 7 nitrogen and oxygen atoms in total. The van der Waals surface area contributed by atoms with Crippen molar-refractivity contribution >= 4 is 29.9 Å². The number of ether oxygens (including phenoxy) is 1. The molecule has 2 aliphatic rings. The predicted molar refractivity (Wildman–Crippen MR) is 127 cm³/mol.